The van der Waals surface area contributed by atoms with Crippen molar-refractivity contribution in [1.82, 2.24) is 10.2 Å². The van der Waals surface area contributed by atoms with Crippen molar-refractivity contribution >= 4 is 21.8 Å². The van der Waals surface area contributed by atoms with Crippen LogP contribution in [0, 0.1) is 6.92 Å². The number of amides is 1. The number of carbonyl (C=O) groups excluding carboxylic acids is 1. The normalized spacial score (nSPS) is 19.3. The Morgan fingerprint density at radius 2 is 2.28 bits per heavy atom. The number of hydrogen-bond acceptors (Lipinski definition) is 2. The van der Waals surface area contributed by atoms with Crippen molar-refractivity contribution in [3.63, 3.8) is 0 Å². The lowest BCUT2D eigenvalue weighted by Crippen LogP contribution is -2.40. The van der Waals surface area contributed by atoms with Crippen LogP contribution in [0.25, 0.3) is 0 Å². The Morgan fingerprint density at radius 1 is 1.50 bits per heavy atom. The lowest BCUT2D eigenvalue weighted by Gasteiger charge is -2.24. The smallest absolute Gasteiger partial charge is 0.254 e. The summed E-state index contributed by atoms with van der Waals surface area (Å²) >= 11 is 3.45. The summed E-state index contributed by atoms with van der Waals surface area (Å²) in [4.78, 5) is 14.5. The summed E-state index contributed by atoms with van der Waals surface area (Å²) in [6.45, 7) is 3.76. The highest BCUT2D eigenvalue weighted by Crippen LogP contribution is 2.22. The molecule has 1 unspecified atom stereocenters. The summed E-state index contributed by atoms with van der Waals surface area (Å²) in [5.74, 6) is 0.150. The van der Waals surface area contributed by atoms with Gasteiger partial charge in [-0.15, -0.1) is 0 Å². The van der Waals surface area contributed by atoms with Gasteiger partial charge in [-0.1, -0.05) is 15.9 Å². The highest BCUT2D eigenvalue weighted by molar-refractivity contribution is 9.10. The van der Waals surface area contributed by atoms with E-state index in [9.17, 15) is 4.79 Å². The van der Waals surface area contributed by atoms with Crippen molar-refractivity contribution in [2.45, 2.75) is 25.8 Å². The summed E-state index contributed by atoms with van der Waals surface area (Å²) in [6, 6.07) is 6.22. The number of likely N-dealkylation sites (tertiary alicyclic amines) is 1. The first-order chi connectivity index (χ1) is 8.61. The molecule has 1 saturated heterocycles. The van der Waals surface area contributed by atoms with E-state index in [1.165, 1.54) is 0 Å². The first-order valence-electron chi connectivity index (χ1n) is 6.34. The van der Waals surface area contributed by atoms with Crippen LogP contribution in [0.15, 0.2) is 22.7 Å². The van der Waals surface area contributed by atoms with Gasteiger partial charge in [0.05, 0.1) is 0 Å². The van der Waals surface area contributed by atoms with Gasteiger partial charge in [0.2, 0.25) is 0 Å². The Hall–Kier alpha value is -0.870. The molecule has 1 atom stereocenters. The summed E-state index contributed by atoms with van der Waals surface area (Å²) in [5.41, 5.74) is 1.89. The van der Waals surface area contributed by atoms with Gasteiger partial charge in [-0.25, -0.2) is 0 Å². The van der Waals surface area contributed by atoms with Gasteiger partial charge in [-0.3, -0.25) is 4.79 Å². The number of carbonyl (C=O) groups is 1. The zero-order valence-corrected chi connectivity index (χ0v) is 12.5. The van der Waals surface area contributed by atoms with Gasteiger partial charge in [0.15, 0.2) is 0 Å². The van der Waals surface area contributed by atoms with E-state index in [0.29, 0.717) is 6.04 Å². The van der Waals surface area contributed by atoms with Crippen molar-refractivity contribution < 1.29 is 4.79 Å². The fourth-order valence-corrected chi connectivity index (χ4v) is 3.18. The molecule has 1 fully saturated rings. The second-order valence-corrected chi connectivity index (χ2v) is 5.79. The molecule has 0 radical (unpaired) electrons. The molecular weight excluding hydrogens is 292 g/mol. The molecule has 1 aromatic rings. The van der Waals surface area contributed by atoms with E-state index in [1.54, 1.807) is 0 Å². The van der Waals surface area contributed by atoms with E-state index >= 15 is 0 Å². The minimum absolute atomic E-state index is 0.150. The molecule has 3 nitrogen and oxygen atoms in total. The van der Waals surface area contributed by atoms with Crippen LogP contribution >= 0.6 is 15.9 Å². The van der Waals surface area contributed by atoms with Gasteiger partial charge in [0.25, 0.3) is 5.91 Å². The molecular formula is C14H19BrN2O. The second-order valence-electron chi connectivity index (χ2n) is 4.87. The molecule has 0 saturated carbocycles. The number of nitrogens with one attached hydrogen (secondary N) is 1. The van der Waals surface area contributed by atoms with Crippen molar-refractivity contribution in [3.05, 3.63) is 33.8 Å². The first-order valence-corrected chi connectivity index (χ1v) is 7.14. The zero-order chi connectivity index (χ0) is 13.1. The monoisotopic (exact) mass is 310 g/mol. The number of rotatable bonds is 3. The maximum atomic E-state index is 12.5. The number of aryl methyl sites for hydroxylation is 1. The van der Waals surface area contributed by atoms with Crippen molar-refractivity contribution in [2.24, 2.45) is 0 Å². The van der Waals surface area contributed by atoms with Crippen LogP contribution in [0.2, 0.25) is 0 Å². The molecule has 1 aliphatic rings. The topological polar surface area (TPSA) is 32.3 Å². The Balaban J connectivity index is 2.19. The molecule has 4 heteroatoms. The van der Waals surface area contributed by atoms with Gasteiger partial charge >= 0.3 is 0 Å². The average molecular weight is 311 g/mol. The van der Waals surface area contributed by atoms with Crippen LogP contribution in [0.3, 0.4) is 0 Å². The van der Waals surface area contributed by atoms with Crippen molar-refractivity contribution in [3.8, 4) is 0 Å². The lowest BCUT2D eigenvalue weighted by molar-refractivity contribution is 0.0737. The second kappa shape index (κ2) is 5.85. The summed E-state index contributed by atoms with van der Waals surface area (Å²) in [5, 5.41) is 3.17. The van der Waals surface area contributed by atoms with Gasteiger partial charge in [-0.05, 0) is 50.6 Å². The largest absolute Gasteiger partial charge is 0.334 e. The zero-order valence-electron chi connectivity index (χ0n) is 10.9. The standard InChI is InChI=1S/C14H19BrN2O/c1-10-6-11(8-12(15)7-10)14(18)17-5-3-4-13(17)9-16-2/h6-8,13,16H,3-5,9H2,1-2H3. The molecule has 0 bridgehead atoms. The van der Waals surface area contributed by atoms with E-state index < -0.39 is 0 Å². The molecule has 2 rings (SSSR count). The molecule has 18 heavy (non-hydrogen) atoms. The molecule has 0 spiro atoms. The predicted octanol–water partition coefficient (Wildman–Crippen LogP) is 2.58. The fourth-order valence-electron chi connectivity index (χ4n) is 2.58. The van der Waals surface area contributed by atoms with Crippen LogP contribution in [-0.2, 0) is 0 Å². The average Bonchev–Trinajstić information content (AvgIpc) is 2.75. The third kappa shape index (κ3) is 2.93. The minimum atomic E-state index is 0.150. The maximum absolute atomic E-state index is 12.5. The summed E-state index contributed by atoms with van der Waals surface area (Å²) < 4.78 is 0.968. The molecule has 1 amide bonds. The van der Waals surface area contributed by atoms with Gasteiger partial charge in [0.1, 0.15) is 0 Å². The molecule has 1 N–H and O–H groups in total. The Morgan fingerprint density at radius 3 is 2.94 bits per heavy atom. The van der Waals surface area contributed by atoms with Crippen molar-refractivity contribution in [1.29, 1.82) is 0 Å². The SMILES string of the molecule is CNCC1CCCN1C(=O)c1cc(C)cc(Br)c1. The predicted molar refractivity (Wildman–Crippen MR) is 76.9 cm³/mol. The highest BCUT2D eigenvalue weighted by atomic mass is 79.9. The Labute approximate surface area is 117 Å². The Kier molecular flexibility index (Phi) is 4.40. The number of likely N-dealkylation sites (N-methyl/N-ethyl adjacent to an activating group) is 1. The number of benzene rings is 1. The van der Waals surface area contributed by atoms with Gasteiger partial charge in [0, 0.05) is 29.2 Å². The highest BCUT2D eigenvalue weighted by Gasteiger charge is 2.28. The van der Waals surface area contributed by atoms with E-state index in [1.807, 2.05) is 37.1 Å². The lowest BCUT2D eigenvalue weighted by atomic mass is 10.1. The first kappa shape index (κ1) is 13.6. The van der Waals surface area contributed by atoms with Crippen LogP contribution < -0.4 is 5.32 Å². The van der Waals surface area contributed by atoms with Crippen LogP contribution in [0.4, 0.5) is 0 Å². The fraction of sp³-hybridized carbons (Fsp3) is 0.500. The molecule has 1 aromatic carbocycles. The van der Waals surface area contributed by atoms with E-state index in [-0.39, 0.29) is 5.91 Å². The van der Waals surface area contributed by atoms with Crippen LogP contribution in [0.1, 0.15) is 28.8 Å². The van der Waals surface area contributed by atoms with Gasteiger partial charge < -0.3 is 10.2 Å². The van der Waals surface area contributed by atoms with Crippen molar-refractivity contribution in [2.75, 3.05) is 20.1 Å². The number of hydrogen-bond donors (Lipinski definition) is 1. The molecule has 0 aromatic heterocycles. The number of nitrogens with zero attached hydrogens (tertiary/aromatic N) is 1. The van der Waals surface area contributed by atoms with Crippen LogP contribution in [0.5, 0.6) is 0 Å². The molecule has 1 heterocycles. The van der Waals surface area contributed by atoms with Gasteiger partial charge in [-0.2, -0.15) is 0 Å². The Bertz CT molecular complexity index is 427. The maximum Gasteiger partial charge on any atom is 0.254 e. The quantitative estimate of drug-likeness (QED) is 0.930. The molecule has 0 aliphatic carbocycles. The minimum Gasteiger partial charge on any atom is -0.334 e. The third-order valence-corrected chi connectivity index (χ3v) is 3.82. The summed E-state index contributed by atoms with van der Waals surface area (Å²) in [6.07, 6.45) is 2.20. The van der Waals surface area contributed by atoms with E-state index in [2.05, 4.69) is 21.2 Å². The van der Waals surface area contributed by atoms with E-state index in [0.717, 1.165) is 41.5 Å². The third-order valence-electron chi connectivity index (χ3n) is 3.37. The van der Waals surface area contributed by atoms with E-state index in [4.69, 9.17) is 0 Å². The molecule has 1 aliphatic heterocycles. The summed E-state index contributed by atoms with van der Waals surface area (Å²) in [7, 11) is 1.93. The van der Waals surface area contributed by atoms with Crippen LogP contribution in [-0.4, -0.2) is 37.0 Å². The molecule has 98 valence electrons. The number of halogens is 1.